The molecule has 0 bridgehead atoms. The van der Waals surface area contributed by atoms with Crippen molar-refractivity contribution in [1.29, 1.82) is 0 Å². The van der Waals surface area contributed by atoms with E-state index in [4.69, 9.17) is 23.1 Å². The third-order valence-electron chi connectivity index (χ3n) is 3.40. The van der Waals surface area contributed by atoms with E-state index in [1.165, 1.54) is 12.1 Å². The number of fused-ring (bicyclic) bond motifs is 1. The Balaban J connectivity index is 1.96. The fraction of sp³-hybridized carbons (Fsp3) is 0. The minimum Gasteiger partial charge on any atom is -0.366 e. The van der Waals surface area contributed by atoms with Gasteiger partial charge in [-0.15, -0.1) is 0 Å². The van der Waals surface area contributed by atoms with Gasteiger partial charge in [-0.2, -0.15) is 0 Å². The zero-order chi connectivity index (χ0) is 18.8. The largest absolute Gasteiger partial charge is 0.366 e. The van der Waals surface area contributed by atoms with Crippen molar-refractivity contribution < 1.29 is 14.4 Å². The average molecular weight is 390 g/mol. The predicted octanol–water partition coefficient (Wildman–Crippen LogP) is 2.79. The minimum absolute atomic E-state index is 0.0433. The van der Waals surface area contributed by atoms with Crippen molar-refractivity contribution in [2.24, 2.45) is 11.5 Å². The molecule has 0 spiro atoms. The van der Waals surface area contributed by atoms with Crippen molar-refractivity contribution in [1.82, 2.24) is 4.98 Å². The molecule has 0 atom stereocenters. The minimum atomic E-state index is -0.848. The lowest BCUT2D eigenvalue weighted by atomic mass is 10.1. The molecular weight excluding hydrogens is 378 g/mol. The Labute approximate surface area is 156 Å². The summed E-state index contributed by atoms with van der Waals surface area (Å²) in [5.74, 6) is -1.21. The number of urea groups is 1. The summed E-state index contributed by atoms with van der Waals surface area (Å²) >= 11 is 6.94. The van der Waals surface area contributed by atoms with Gasteiger partial charge in [0.25, 0.3) is 11.8 Å². The number of halogens is 1. The number of nitrogens with two attached hydrogens (primary N) is 2. The van der Waals surface area contributed by atoms with Crippen LogP contribution in [0.15, 0.2) is 36.4 Å². The molecule has 10 heteroatoms. The van der Waals surface area contributed by atoms with Crippen LogP contribution in [-0.4, -0.2) is 22.8 Å². The topological polar surface area (TPSA) is 140 Å². The lowest BCUT2D eigenvalue weighted by Crippen LogP contribution is -2.21. The number of aromatic nitrogens is 1. The molecule has 26 heavy (non-hydrogen) atoms. The summed E-state index contributed by atoms with van der Waals surface area (Å²) in [6.07, 6.45) is 0. The molecule has 0 saturated carbocycles. The van der Waals surface area contributed by atoms with Crippen LogP contribution < -0.4 is 22.1 Å². The molecule has 0 saturated heterocycles. The first-order valence-corrected chi connectivity index (χ1v) is 8.41. The standard InChI is InChI=1S/C16H12ClN5O3S/c17-11-5-8(7-3-1-2-4-10(7)20-11)14(24)21-12-6-9(13(18)23)15(26-12)22-16(19)25/h1-6H,(H2,18,23)(H,21,24)(H3,19,22,25). The summed E-state index contributed by atoms with van der Waals surface area (Å²) in [5.41, 5.74) is 11.3. The Kier molecular flexibility index (Phi) is 4.74. The number of hydrogen-bond donors (Lipinski definition) is 4. The van der Waals surface area contributed by atoms with Crippen LogP contribution in [0, 0.1) is 0 Å². The SMILES string of the molecule is NC(=O)Nc1sc(NC(=O)c2cc(Cl)nc3ccccc23)cc1C(N)=O. The number of carbonyl (C=O) groups is 3. The van der Waals surface area contributed by atoms with Gasteiger partial charge in [-0.3, -0.25) is 14.9 Å². The van der Waals surface area contributed by atoms with E-state index >= 15 is 0 Å². The van der Waals surface area contributed by atoms with Crippen LogP contribution in [0.1, 0.15) is 20.7 Å². The van der Waals surface area contributed by atoms with Gasteiger partial charge in [-0.1, -0.05) is 41.1 Å². The molecule has 0 fully saturated rings. The maximum Gasteiger partial charge on any atom is 0.317 e. The van der Waals surface area contributed by atoms with E-state index in [9.17, 15) is 14.4 Å². The van der Waals surface area contributed by atoms with Gasteiger partial charge in [-0.05, 0) is 18.2 Å². The molecule has 0 aliphatic heterocycles. The Hall–Kier alpha value is -3.17. The Bertz CT molecular complexity index is 1050. The normalized spacial score (nSPS) is 10.5. The van der Waals surface area contributed by atoms with Crippen molar-refractivity contribution >= 4 is 61.7 Å². The number of primary amides is 2. The van der Waals surface area contributed by atoms with Crippen LogP contribution in [0.2, 0.25) is 5.15 Å². The van der Waals surface area contributed by atoms with Crippen LogP contribution in [0.25, 0.3) is 10.9 Å². The van der Waals surface area contributed by atoms with Gasteiger partial charge in [0.15, 0.2) is 0 Å². The monoisotopic (exact) mass is 389 g/mol. The van der Waals surface area contributed by atoms with E-state index < -0.39 is 17.8 Å². The molecule has 132 valence electrons. The molecular formula is C16H12ClN5O3S. The van der Waals surface area contributed by atoms with Crippen LogP contribution in [0.4, 0.5) is 14.8 Å². The zero-order valence-corrected chi connectivity index (χ0v) is 14.6. The first-order chi connectivity index (χ1) is 12.3. The maximum atomic E-state index is 12.7. The van der Waals surface area contributed by atoms with Crippen molar-refractivity contribution in [3.63, 3.8) is 0 Å². The average Bonchev–Trinajstić information content (AvgIpc) is 2.95. The van der Waals surface area contributed by atoms with Crippen molar-refractivity contribution in [3.05, 3.63) is 52.7 Å². The smallest absolute Gasteiger partial charge is 0.317 e. The zero-order valence-electron chi connectivity index (χ0n) is 13.1. The number of anilines is 2. The number of nitrogens with one attached hydrogen (secondary N) is 2. The van der Waals surface area contributed by atoms with Gasteiger partial charge in [0.1, 0.15) is 10.2 Å². The first-order valence-electron chi connectivity index (χ1n) is 7.22. The van der Waals surface area contributed by atoms with Crippen molar-refractivity contribution in [2.75, 3.05) is 10.6 Å². The second-order valence-electron chi connectivity index (χ2n) is 5.17. The molecule has 6 N–H and O–H groups in total. The number of pyridine rings is 1. The highest BCUT2D eigenvalue weighted by Gasteiger charge is 2.18. The number of benzene rings is 1. The molecule has 3 aromatic rings. The number of rotatable bonds is 4. The molecule has 2 heterocycles. The van der Waals surface area contributed by atoms with E-state index in [1.807, 2.05) is 0 Å². The van der Waals surface area contributed by atoms with Crippen molar-refractivity contribution in [2.45, 2.75) is 0 Å². The summed E-state index contributed by atoms with van der Waals surface area (Å²) in [6.45, 7) is 0. The highest BCUT2D eigenvalue weighted by molar-refractivity contribution is 7.20. The van der Waals surface area contributed by atoms with Gasteiger partial charge in [0, 0.05) is 5.39 Å². The Morgan fingerprint density at radius 3 is 2.46 bits per heavy atom. The number of hydrogen-bond acceptors (Lipinski definition) is 5. The third-order valence-corrected chi connectivity index (χ3v) is 4.56. The van der Waals surface area contributed by atoms with E-state index in [1.54, 1.807) is 24.3 Å². The Morgan fingerprint density at radius 1 is 1.04 bits per heavy atom. The molecule has 2 aromatic heterocycles. The van der Waals surface area contributed by atoms with Gasteiger partial charge in [0.05, 0.1) is 21.6 Å². The van der Waals surface area contributed by atoms with Crippen LogP contribution in [0.5, 0.6) is 0 Å². The summed E-state index contributed by atoms with van der Waals surface area (Å²) in [4.78, 5) is 39.4. The summed E-state index contributed by atoms with van der Waals surface area (Å²) < 4.78 is 0. The van der Waals surface area contributed by atoms with Crippen LogP contribution in [-0.2, 0) is 0 Å². The Morgan fingerprint density at radius 2 is 1.77 bits per heavy atom. The molecule has 0 aliphatic rings. The number of nitrogens with zero attached hydrogens (tertiary/aromatic N) is 1. The quantitative estimate of drug-likeness (QED) is 0.509. The molecule has 1 aromatic carbocycles. The van der Waals surface area contributed by atoms with E-state index in [2.05, 4.69) is 15.6 Å². The molecule has 4 amide bonds. The second-order valence-corrected chi connectivity index (χ2v) is 6.61. The highest BCUT2D eigenvalue weighted by atomic mass is 35.5. The van der Waals surface area contributed by atoms with Crippen LogP contribution >= 0.6 is 22.9 Å². The molecule has 0 radical (unpaired) electrons. The summed E-state index contributed by atoms with van der Waals surface area (Å²) in [6, 6.07) is 9.01. The van der Waals surface area contributed by atoms with E-state index in [-0.39, 0.29) is 15.7 Å². The van der Waals surface area contributed by atoms with Crippen molar-refractivity contribution in [3.8, 4) is 0 Å². The van der Waals surface area contributed by atoms with Gasteiger partial charge >= 0.3 is 6.03 Å². The van der Waals surface area contributed by atoms with Gasteiger partial charge in [0.2, 0.25) is 0 Å². The number of thiophene rings is 1. The molecule has 0 aliphatic carbocycles. The second kappa shape index (κ2) is 6.98. The molecule has 0 unspecified atom stereocenters. The fourth-order valence-electron chi connectivity index (χ4n) is 2.35. The van der Waals surface area contributed by atoms with Gasteiger partial charge in [-0.25, -0.2) is 9.78 Å². The summed E-state index contributed by atoms with van der Waals surface area (Å²) in [5, 5.41) is 6.22. The highest BCUT2D eigenvalue weighted by Crippen LogP contribution is 2.32. The molecule has 8 nitrogen and oxygen atoms in total. The maximum absolute atomic E-state index is 12.7. The third kappa shape index (κ3) is 3.58. The van der Waals surface area contributed by atoms with Crippen LogP contribution in [0.3, 0.4) is 0 Å². The summed E-state index contributed by atoms with van der Waals surface area (Å²) in [7, 11) is 0. The van der Waals surface area contributed by atoms with E-state index in [0.29, 0.717) is 21.5 Å². The van der Waals surface area contributed by atoms with Gasteiger partial charge < -0.3 is 16.8 Å². The predicted molar refractivity (Wildman–Crippen MR) is 101 cm³/mol. The number of para-hydroxylation sites is 1. The number of carbonyl (C=O) groups excluding carboxylic acids is 3. The molecule has 3 rings (SSSR count). The lowest BCUT2D eigenvalue weighted by molar-refractivity contribution is 0.0997. The van der Waals surface area contributed by atoms with E-state index in [0.717, 1.165) is 11.3 Å². The fourth-order valence-corrected chi connectivity index (χ4v) is 3.51. The first kappa shape index (κ1) is 17.6. The lowest BCUT2D eigenvalue weighted by Gasteiger charge is -2.07. The number of amides is 4.